The van der Waals surface area contributed by atoms with Gasteiger partial charge < -0.3 is 9.64 Å². The molecule has 0 saturated carbocycles. The van der Waals surface area contributed by atoms with Gasteiger partial charge in [-0.2, -0.15) is 5.10 Å². The van der Waals surface area contributed by atoms with Crippen LogP contribution in [0.2, 0.25) is 0 Å². The van der Waals surface area contributed by atoms with Gasteiger partial charge in [0.2, 0.25) is 0 Å². The second-order valence-corrected chi connectivity index (χ2v) is 5.64. The quantitative estimate of drug-likeness (QED) is 0.610. The van der Waals surface area contributed by atoms with Crippen molar-refractivity contribution in [1.82, 2.24) is 29.7 Å². The molecule has 132 valence electrons. The van der Waals surface area contributed by atoms with Crippen molar-refractivity contribution in [2.75, 3.05) is 25.2 Å². The van der Waals surface area contributed by atoms with E-state index in [9.17, 15) is 0 Å². The third-order valence-corrected chi connectivity index (χ3v) is 3.96. The molecule has 0 atom stereocenters. The molecular formula is C17H23N7O. The number of nitrogens with zero attached hydrogens (tertiary/aromatic N) is 7. The van der Waals surface area contributed by atoms with Crippen LogP contribution in [0, 0.1) is 6.92 Å². The summed E-state index contributed by atoms with van der Waals surface area (Å²) in [6.07, 6.45) is 4.06. The Morgan fingerprint density at radius 2 is 2.08 bits per heavy atom. The predicted octanol–water partition coefficient (Wildman–Crippen LogP) is 2.29. The number of hydrogen-bond acceptors (Lipinski definition) is 7. The molecule has 0 amide bonds. The molecule has 25 heavy (non-hydrogen) atoms. The van der Waals surface area contributed by atoms with Crippen molar-refractivity contribution in [3.63, 3.8) is 0 Å². The van der Waals surface area contributed by atoms with E-state index in [1.54, 1.807) is 6.20 Å². The van der Waals surface area contributed by atoms with Crippen LogP contribution in [0.4, 0.5) is 11.6 Å². The Morgan fingerprint density at radius 1 is 1.24 bits per heavy atom. The molecule has 0 radical (unpaired) electrons. The maximum atomic E-state index is 5.50. The Balaban J connectivity index is 2.14. The van der Waals surface area contributed by atoms with Crippen LogP contribution in [0.15, 0.2) is 18.6 Å². The van der Waals surface area contributed by atoms with Crippen LogP contribution in [-0.4, -0.2) is 50.0 Å². The Hall–Kier alpha value is -2.61. The van der Waals surface area contributed by atoms with E-state index in [0.717, 1.165) is 34.8 Å². The molecule has 0 aromatic carbocycles. The highest BCUT2D eigenvalue weighted by Crippen LogP contribution is 2.29. The van der Waals surface area contributed by atoms with Gasteiger partial charge in [-0.05, 0) is 26.3 Å². The van der Waals surface area contributed by atoms with E-state index in [4.69, 9.17) is 9.84 Å². The SMILES string of the molecule is CCOCCn1nc(CC)c2nc(C)nc(N(C)c3ccncn3)c21. The first kappa shape index (κ1) is 17.2. The van der Waals surface area contributed by atoms with Crippen molar-refractivity contribution in [2.24, 2.45) is 0 Å². The average molecular weight is 341 g/mol. The van der Waals surface area contributed by atoms with E-state index < -0.39 is 0 Å². The molecule has 3 rings (SSSR count). The Bertz CT molecular complexity index is 847. The van der Waals surface area contributed by atoms with E-state index in [1.807, 2.05) is 36.5 Å². The molecular weight excluding hydrogens is 318 g/mol. The van der Waals surface area contributed by atoms with Gasteiger partial charge in [-0.15, -0.1) is 0 Å². The molecule has 3 aromatic rings. The van der Waals surface area contributed by atoms with Crippen molar-refractivity contribution in [3.05, 3.63) is 30.1 Å². The van der Waals surface area contributed by atoms with Gasteiger partial charge in [-0.25, -0.2) is 19.9 Å². The number of rotatable bonds is 7. The van der Waals surface area contributed by atoms with Crippen LogP contribution in [-0.2, 0) is 17.7 Å². The normalized spacial score (nSPS) is 11.2. The number of hydrogen-bond donors (Lipinski definition) is 0. The summed E-state index contributed by atoms with van der Waals surface area (Å²) >= 11 is 0. The van der Waals surface area contributed by atoms with Crippen LogP contribution in [0.1, 0.15) is 25.4 Å². The van der Waals surface area contributed by atoms with Crippen LogP contribution >= 0.6 is 0 Å². The summed E-state index contributed by atoms with van der Waals surface area (Å²) in [4.78, 5) is 19.6. The molecule has 0 aliphatic rings. The highest BCUT2D eigenvalue weighted by Gasteiger charge is 2.20. The zero-order chi connectivity index (χ0) is 17.8. The molecule has 0 fully saturated rings. The van der Waals surface area contributed by atoms with E-state index in [0.29, 0.717) is 25.6 Å². The second-order valence-electron chi connectivity index (χ2n) is 5.64. The van der Waals surface area contributed by atoms with Gasteiger partial charge >= 0.3 is 0 Å². The van der Waals surface area contributed by atoms with Crippen molar-refractivity contribution in [2.45, 2.75) is 33.7 Å². The van der Waals surface area contributed by atoms with Crippen molar-refractivity contribution >= 4 is 22.7 Å². The maximum Gasteiger partial charge on any atom is 0.163 e. The zero-order valence-electron chi connectivity index (χ0n) is 15.1. The smallest absolute Gasteiger partial charge is 0.163 e. The lowest BCUT2D eigenvalue weighted by molar-refractivity contribution is 0.137. The molecule has 3 heterocycles. The zero-order valence-corrected chi connectivity index (χ0v) is 15.1. The third kappa shape index (κ3) is 3.43. The highest BCUT2D eigenvalue weighted by atomic mass is 16.5. The highest BCUT2D eigenvalue weighted by molar-refractivity contribution is 5.89. The van der Waals surface area contributed by atoms with Crippen LogP contribution in [0.3, 0.4) is 0 Å². The molecule has 0 unspecified atom stereocenters. The number of fused-ring (bicyclic) bond motifs is 1. The summed E-state index contributed by atoms with van der Waals surface area (Å²) < 4.78 is 7.44. The third-order valence-electron chi connectivity index (χ3n) is 3.96. The van der Waals surface area contributed by atoms with E-state index in [2.05, 4.69) is 26.9 Å². The number of aryl methyl sites for hydroxylation is 2. The summed E-state index contributed by atoms with van der Waals surface area (Å²) in [5.41, 5.74) is 2.76. The molecule has 0 aliphatic heterocycles. The molecule has 0 saturated heterocycles. The summed E-state index contributed by atoms with van der Waals surface area (Å²) in [5.74, 6) is 2.26. The molecule has 0 bridgehead atoms. The van der Waals surface area contributed by atoms with E-state index in [-0.39, 0.29) is 0 Å². The average Bonchev–Trinajstić information content (AvgIpc) is 2.99. The standard InChI is InChI=1S/C17H23N7O/c1-5-13-15-16(24(22-13)9-10-25-6-2)17(21-12(3)20-15)23(4)14-7-8-18-11-19-14/h7-8,11H,5-6,9-10H2,1-4H3. The fourth-order valence-corrected chi connectivity index (χ4v) is 2.75. The van der Waals surface area contributed by atoms with E-state index in [1.165, 1.54) is 6.33 Å². The van der Waals surface area contributed by atoms with Crippen LogP contribution < -0.4 is 4.90 Å². The summed E-state index contributed by atoms with van der Waals surface area (Å²) in [7, 11) is 1.94. The van der Waals surface area contributed by atoms with Gasteiger partial charge in [0, 0.05) is 19.9 Å². The van der Waals surface area contributed by atoms with Crippen molar-refractivity contribution in [3.8, 4) is 0 Å². The first-order valence-electron chi connectivity index (χ1n) is 8.47. The topological polar surface area (TPSA) is 81.9 Å². The maximum absolute atomic E-state index is 5.50. The van der Waals surface area contributed by atoms with Gasteiger partial charge in [-0.3, -0.25) is 4.68 Å². The van der Waals surface area contributed by atoms with Gasteiger partial charge in [0.05, 0.1) is 18.8 Å². The lowest BCUT2D eigenvalue weighted by atomic mass is 10.2. The van der Waals surface area contributed by atoms with Gasteiger partial charge in [0.1, 0.15) is 29.0 Å². The fourth-order valence-electron chi connectivity index (χ4n) is 2.75. The van der Waals surface area contributed by atoms with Gasteiger partial charge in [-0.1, -0.05) is 6.92 Å². The Kier molecular flexibility index (Phi) is 5.18. The number of aromatic nitrogens is 6. The Labute approximate surface area is 146 Å². The molecule has 8 heteroatoms. The van der Waals surface area contributed by atoms with Gasteiger partial charge in [0.15, 0.2) is 5.82 Å². The number of anilines is 2. The summed E-state index contributed by atoms with van der Waals surface area (Å²) in [5, 5.41) is 4.73. The Morgan fingerprint density at radius 3 is 2.76 bits per heavy atom. The fraction of sp³-hybridized carbons (Fsp3) is 0.471. The lowest BCUT2D eigenvalue weighted by Gasteiger charge is -2.19. The van der Waals surface area contributed by atoms with Crippen LogP contribution in [0.5, 0.6) is 0 Å². The molecule has 0 N–H and O–H groups in total. The number of ether oxygens (including phenoxy) is 1. The lowest BCUT2D eigenvalue weighted by Crippen LogP contribution is -2.16. The second kappa shape index (κ2) is 7.52. The van der Waals surface area contributed by atoms with Crippen LogP contribution in [0.25, 0.3) is 11.0 Å². The minimum atomic E-state index is 0.598. The van der Waals surface area contributed by atoms with Crippen molar-refractivity contribution in [1.29, 1.82) is 0 Å². The minimum absolute atomic E-state index is 0.598. The van der Waals surface area contributed by atoms with E-state index >= 15 is 0 Å². The summed E-state index contributed by atoms with van der Waals surface area (Å²) in [6, 6.07) is 1.85. The molecule has 0 spiro atoms. The summed E-state index contributed by atoms with van der Waals surface area (Å²) in [6.45, 7) is 7.90. The largest absolute Gasteiger partial charge is 0.380 e. The first-order valence-corrected chi connectivity index (χ1v) is 8.47. The molecule has 3 aromatic heterocycles. The monoisotopic (exact) mass is 341 g/mol. The van der Waals surface area contributed by atoms with Crippen molar-refractivity contribution < 1.29 is 4.74 Å². The van der Waals surface area contributed by atoms with Gasteiger partial charge in [0.25, 0.3) is 0 Å². The minimum Gasteiger partial charge on any atom is -0.380 e. The predicted molar refractivity (Wildman–Crippen MR) is 96.0 cm³/mol. The molecule has 8 nitrogen and oxygen atoms in total. The first-order chi connectivity index (χ1) is 12.2. The molecule has 0 aliphatic carbocycles.